The third-order valence-electron chi connectivity index (χ3n) is 4.69. The number of aromatic nitrogens is 2. The van der Waals surface area contributed by atoms with Gasteiger partial charge in [-0.05, 0) is 56.7 Å². The topological polar surface area (TPSA) is 68.3 Å². The van der Waals surface area contributed by atoms with Gasteiger partial charge in [-0.1, -0.05) is 25.8 Å². The normalized spacial score (nSPS) is 11.4. The van der Waals surface area contributed by atoms with Gasteiger partial charge in [0.05, 0.1) is 12.7 Å². The average molecular weight is 475 g/mol. The van der Waals surface area contributed by atoms with Gasteiger partial charge in [-0.25, -0.2) is 4.98 Å². The number of halogens is 3. The summed E-state index contributed by atoms with van der Waals surface area (Å²) in [6.45, 7) is 6.51. The maximum absolute atomic E-state index is 13.6. The maximum atomic E-state index is 13.6. The SMILES string of the molecule is CCCCCOc1ccc(Nc2ncc(C(F)(F)F)c(Nc3cccc(OC(C)C)c3)n2)cc1. The largest absolute Gasteiger partial charge is 0.494 e. The first-order valence-corrected chi connectivity index (χ1v) is 11.2. The van der Waals surface area contributed by atoms with Crippen LogP contribution in [-0.2, 0) is 6.18 Å². The van der Waals surface area contributed by atoms with Crippen molar-refractivity contribution in [3.05, 3.63) is 60.3 Å². The van der Waals surface area contributed by atoms with Gasteiger partial charge in [0, 0.05) is 23.6 Å². The lowest BCUT2D eigenvalue weighted by molar-refractivity contribution is -0.137. The van der Waals surface area contributed by atoms with E-state index in [9.17, 15) is 13.2 Å². The Labute approximate surface area is 197 Å². The van der Waals surface area contributed by atoms with Gasteiger partial charge in [-0.3, -0.25) is 0 Å². The Hall–Kier alpha value is -3.49. The number of ether oxygens (including phenoxy) is 2. The molecule has 0 unspecified atom stereocenters. The van der Waals surface area contributed by atoms with Crippen molar-refractivity contribution in [2.75, 3.05) is 17.2 Å². The van der Waals surface area contributed by atoms with Gasteiger partial charge >= 0.3 is 6.18 Å². The van der Waals surface area contributed by atoms with Crippen LogP contribution in [0.2, 0.25) is 0 Å². The Morgan fingerprint density at radius 1 is 0.941 bits per heavy atom. The molecule has 0 aliphatic heterocycles. The van der Waals surface area contributed by atoms with Crippen LogP contribution in [0, 0.1) is 0 Å². The van der Waals surface area contributed by atoms with E-state index in [0.29, 0.717) is 23.7 Å². The molecule has 1 aromatic heterocycles. The highest BCUT2D eigenvalue weighted by Crippen LogP contribution is 2.36. The van der Waals surface area contributed by atoms with E-state index >= 15 is 0 Å². The summed E-state index contributed by atoms with van der Waals surface area (Å²) in [5.74, 6) is 0.933. The van der Waals surface area contributed by atoms with E-state index in [2.05, 4.69) is 27.5 Å². The molecule has 182 valence electrons. The number of hydrogen-bond acceptors (Lipinski definition) is 6. The summed E-state index contributed by atoms with van der Waals surface area (Å²) < 4.78 is 52.0. The number of benzene rings is 2. The minimum absolute atomic E-state index is 0.0294. The van der Waals surface area contributed by atoms with Gasteiger partial charge in [0.25, 0.3) is 0 Å². The van der Waals surface area contributed by atoms with Crippen molar-refractivity contribution in [2.45, 2.75) is 52.3 Å². The predicted octanol–water partition coefficient (Wildman–Crippen LogP) is 7.34. The van der Waals surface area contributed by atoms with Gasteiger partial charge < -0.3 is 20.1 Å². The first-order chi connectivity index (χ1) is 16.2. The molecule has 2 N–H and O–H groups in total. The van der Waals surface area contributed by atoms with E-state index in [1.165, 1.54) is 0 Å². The summed E-state index contributed by atoms with van der Waals surface area (Å²) in [7, 11) is 0. The van der Waals surface area contributed by atoms with Crippen LogP contribution in [0.25, 0.3) is 0 Å². The smallest absolute Gasteiger partial charge is 0.421 e. The van der Waals surface area contributed by atoms with E-state index < -0.39 is 11.7 Å². The number of alkyl halides is 3. The molecule has 1 heterocycles. The third kappa shape index (κ3) is 7.54. The molecule has 0 bridgehead atoms. The molecule has 2 aromatic carbocycles. The summed E-state index contributed by atoms with van der Waals surface area (Å²) in [6.07, 6.45) is -0.716. The molecular weight excluding hydrogens is 445 g/mol. The van der Waals surface area contributed by atoms with Crippen LogP contribution in [0.4, 0.5) is 36.3 Å². The zero-order valence-electron chi connectivity index (χ0n) is 19.4. The van der Waals surface area contributed by atoms with E-state index in [1.807, 2.05) is 13.8 Å². The molecule has 0 atom stereocenters. The van der Waals surface area contributed by atoms with Crippen LogP contribution in [0.1, 0.15) is 45.6 Å². The van der Waals surface area contributed by atoms with Crippen molar-refractivity contribution in [3.8, 4) is 11.5 Å². The molecule has 0 radical (unpaired) electrons. The van der Waals surface area contributed by atoms with Crippen molar-refractivity contribution >= 4 is 23.1 Å². The minimum atomic E-state index is -4.62. The van der Waals surface area contributed by atoms with Crippen LogP contribution < -0.4 is 20.1 Å². The highest BCUT2D eigenvalue weighted by atomic mass is 19.4. The highest BCUT2D eigenvalue weighted by molar-refractivity contribution is 5.64. The quantitative estimate of drug-likeness (QED) is 0.283. The number of anilines is 4. The number of nitrogens with one attached hydrogen (secondary N) is 2. The molecule has 3 aromatic rings. The molecule has 3 rings (SSSR count). The molecule has 0 spiro atoms. The fourth-order valence-electron chi connectivity index (χ4n) is 3.11. The van der Waals surface area contributed by atoms with Gasteiger partial charge in [0.2, 0.25) is 5.95 Å². The van der Waals surface area contributed by atoms with Gasteiger partial charge in [-0.15, -0.1) is 0 Å². The Morgan fingerprint density at radius 3 is 2.38 bits per heavy atom. The second-order valence-electron chi connectivity index (χ2n) is 7.98. The fourth-order valence-corrected chi connectivity index (χ4v) is 3.11. The molecule has 0 aliphatic rings. The lowest BCUT2D eigenvalue weighted by Gasteiger charge is -2.16. The summed E-state index contributed by atoms with van der Waals surface area (Å²) in [5.41, 5.74) is 0.0703. The Balaban J connectivity index is 1.77. The van der Waals surface area contributed by atoms with E-state index in [4.69, 9.17) is 9.47 Å². The molecule has 0 saturated carbocycles. The molecule has 0 fully saturated rings. The van der Waals surface area contributed by atoms with Crippen molar-refractivity contribution in [2.24, 2.45) is 0 Å². The first kappa shape index (κ1) is 25.1. The Morgan fingerprint density at radius 2 is 1.71 bits per heavy atom. The molecular formula is C25H29F3N4O2. The summed E-state index contributed by atoms with van der Waals surface area (Å²) in [5, 5.41) is 5.69. The standard InChI is InChI=1S/C25H29F3N4O2/c1-4-5-6-14-33-20-12-10-18(11-13-20)31-24-29-16-22(25(26,27)28)23(32-24)30-19-8-7-9-21(15-19)34-17(2)3/h7-13,15-17H,4-6,14H2,1-3H3,(H2,29,30,31,32). The number of rotatable bonds is 11. The monoisotopic (exact) mass is 474 g/mol. The molecule has 0 amide bonds. The van der Waals surface area contributed by atoms with Crippen molar-refractivity contribution < 1.29 is 22.6 Å². The molecule has 34 heavy (non-hydrogen) atoms. The zero-order valence-corrected chi connectivity index (χ0v) is 19.4. The van der Waals surface area contributed by atoms with Crippen molar-refractivity contribution in [3.63, 3.8) is 0 Å². The second kappa shape index (κ2) is 11.6. The zero-order chi connectivity index (χ0) is 24.6. The number of hydrogen-bond donors (Lipinski definition) is 2. The van der Waals surface area contributed by atoms with Crippen LogP contribution >= 0.6 is 0 Å². The summed E-state index contributed by atoms with van der Waals surface area (Å²) >= 11 is 0. The fraction of sp³-hybridized carbons (Fsp3) is 0.360. The van der Waals surface area contributed by atoms with Crippen molar-refractivity contribution in [1.29, 1.82) is 0 Å². The first-order valence-electron chi connectivity index (χ1n) is 11.2. The lowest BCUT2D eigenvalue weighted by atomic mass is 10.2. The van der Waals surface area contributed by atoms with Gasteiger partial charge in [0.15, 0.2) is 0 Å². The van der Waals surface area contributed by atoms with Gasteiger partial charge in [0.1, 0.15) is 22.9 Å². The Bertz CT molecular complexity index is 1060. The van der Waals surface area contributed by atoms with Crippen LogP contribution in [0.5, 0.6) is 11.5 Å². The summed E-state index contributed by atoms with van der Waals surface area (Å²) in [4.78, 5) is 7.94. The van der Waals surface area contributed by atoms with E-state index in [1.54, 1.807) is 48.5 Å². The molecule has 0 aliphatic carbocycles. The summed E-state index contributed by atoms with van der Waals surface area (Å²) in [6, 6.07) is 13.8. The van der Waals surface area contributed by atoms with Gasteiger partial charge in [-0.2, -0.15) is 18.2 Å². The highest BCUT2D eigenvalue weighted by Gasteiger charge is 2.35. The minimum Gasteiger partial charge on any atom is -0.494 e. The van der Waals surface area contributed by atoms with E-state index in [0.717, 1.165) is 31.2 Å². The van der Waals surface area contributed by atoms with E-state index in [-0.39, 0.29) is 17.9 Å². The predicted molar refractivity (Wildman–Crippen MR) is 127 cm³/mol. The maximum Gasteiger partial charge on any atom is 0.421 e. The average Bonchev–Trinajstić information content (AvgIpc) is 2.77. The number of nitrogens with zero attached hydrogens (tertiary/aromatic N) is 2. The molecule has 0 saturated heterocycles. The Kier molecular flexibility index (Phi) is 8.56. The molecule has 9 heteroatoms. The van der Waals surface area contributed by atoms with Crippen molar-refractivity contribution in [1.82, 2.24) is 9.97 Å². The second-order valence-corrected chi connectivity index (χ2v) is 7.98. The number of unbranched alkanes of at least 4 members (excludes halogenated alkanes) is 2. The van der Waals surface area contributed by atoms with Crippen LogP contribution in [0.3, 0.4) is 0 Å². The van der Waals surface area contributed by atoms with Crippen LogP contribution in [0.15, 0.2) is 54.7 Å². The lowest BCUT2D eigenvalue weighted by Crippen LogP contribution is -2.12. The third-order valence-corrected chi connectivity index (χ3v) is 4.69. The molecule has 6 nitrogen and oxygen atoms in total. The van der Waals surface area contributed by atoms with Crippen LogP contribution in [-0.4, -0.2) is 22.7 Å².